The number of carbonyl (C=O) groups is 1. The Bertz CT molecular complexity index is 241. The Morgan fingerprint density at radius 1 is 1.71 bits per heavy atom. The second kappa shape index (κ2) is 3.91. The van der Waals surface area contributed by atoms with Crippen LogP contribution in [-0.4, -0.2) is 40.9 Å². The van der Waals surface area contributed by atoms with Crippen LogP contribution < -0.4 is 0 Å². The van der Waals surface area contributed by atoms with Crippen molar-refractivity contribution in [2.75, 3.05) is 13.2 Å². The van der Waals surface area contributed by atoms with Crippen LogP contribution in [0.5, 0.6) is 0 Å². The molecule has 6 nitrogen and oxygen atoms in total. The molecule has 1 N–H and O–H groups in total. The molecule has 0 bridgehead atoms. The lowest BCUT2D eigenvalue weighted by atomic mass is 10.0. The van der Waals surface area contributed by atoms with Gasteiger partial charge in [0.25, 0.3) is 0 Å². The summed E-state index contributed by atoms with van der Waals surface area (Å²) in [4.78, 5) is 20.9. The van der Waals surface area contributed by atoms with Gasteiger partial charge in [-0.05, 0) is 13.8 Å². The van der Waals surface area contributed by atoms with E-state index in [0.717, 1.165) is 0 Å². The Balaban J connectivity index is 2.61. The van der Waals surface area contributed by atoms with Crippen LogP contribution in [0.15, 0.2) is 5.29 Å². The maximum Gasteiger partial charge on any atom is 0.305 e. The van der Waals surface area contributed by atoms with Crippen LogP contribution >= 0.6 is 0 Å². The molecule has 1 aliphatic heterocycles. The largest absolute Gasteiger partial charge is 0.481 e. The Kier molecular flexibility index (Phi) is 3.05. The maximum absolute atomic E-state index is 10.5. The Morgan fingerprint density at radius 2 is 2.36 bits per heavy atom. The fourth-order valence-corrected chi connectivity index (χ4v) is 1.43. The zero-order valence-electron chi connectivity index (χ0n) is 8.27. The van der Waals surface area contributed by atoms with Gasteiger partial charge in [0.05, 0.1) is 36.5 Å². The molecule has 6 heteroatoms. The van der Waals surface area contributed by atoms with E-state index in [1.165, 1.54) is 5.01 Å². The summed E-state index contributed by atoms with van der Waals surface area (Å²) in [6, 6.07) is -0.446. The number of morpholine rings is 1. The summed E-state index contributed by atoms with van der Waals surface area (Å²) in [6.07, 6.45) is -0.123. The Labute approximate surface area is 81.8 Å². The van der Waals surface area contributed by atoms with Crippen molar-refractivity contribution in [3.05, 3.63) is 4.91 Å². The van der Waals surface area contributed by atoms with Gasteiger partial charge in [-0.2, -0.15) is 0 Å². The lowest BCUT2D eigenvalue weighted by Crippen LogP contribution is -2.52. The van der Waals surface area contributed by atoms with Gasteiger partial charge in [0, 0.05) is 0 Å². The first-order chi connectivity index (χ1) is 6.44. The topological polar surface area (TPSA) is 79.2 Å². The molecule has 1 unspecified atom stereocenters. The van der Waals surface area contributed by atoms with Crippen LogP contribution in [0.1, 0.15) is 20.3 Å². The highest BCUT2D eigenvalue weighted by Crippen LogP contribution is 2.22. The molecular weight excluding hydrogens is 188 g/mol. The second-order valence-electron chi connectivity index (χ2n) is 4.00. The van der Waals surface area contributed by atoms with Crippen LogP contribution in [0, 0.1) is 4.91 Å². The summed E-state index contributed by atoms with van der Waals surface area (Å²) >= 11 is 0. The molecule has 1 atom stereocenters. The van der Waals surface area contributed by atoms with Gasteiger partial charge < -0.3 is 9.84 Å². The summed E-state index contributed by atoms with van der Waals surface area (Å²) in [5, 5.41) is 12.6. The minimum atomic E-state index is -0.952. The number of nitrogens with zero attached hydrogens (tertiary/aromatic N) is 2. The highest BCUT2D eigenvalue weighted by molar-refractivity contribution is 5.67. The summed E-state index contributed by atoms with van der Waals surface area (Å²) in [5.74, 6) is -0.952. The van der Waals surface area contributed by atoms with E-state index in [1.54, 1.807) is 0 Å². The van der Waals surface area contributed by atoms with Gasteiger partial charge in [-0.15, -0.1) is 4.91 Å². The van der Waals surface area contributed by atoms with Crippen molar-refractivity contribution in [3.8, 4) is 0 Å². The monoisotopic (exact) mass is 202 g/mol. The molecule has 1 saturated heterocycles. The zero-order valence-corrected chi connectivity index (χ0v) is 8.27. The molecule has 0 saturated carbocycles. The minimum absolute atomic E-state index is 0.123. The molecule has 1 rings (SSSR count). The van der Waals surface area contributed by atoms with Crippen molar-refractivity contribution in [1.82, 2.24) is 5.01 Å². The summed E-state index contributed by atoms with van der Waals surface area (Å²) in [5.41, 5.74) is -0.442. The average Bonchev–Trinajstić information content (AvgIpc) is 2.07. The third-order valence-electron chi connectivity index (χ3n) is 2.15. The van der Waals surface area contributed by atoms with Crippen molar-refractivity contribution in [3.63, 3.8) is 0 Å². The fourth-order valence-electron chi connectivity index (χ4n) is 1.43. The van der Waals surface area contributed by atoms with E-state index in [2.05, 4.69) is 5.29 Å². The highest BCUT2D eigenvalue weighted by Gasteiger charge is 2.35. The molecule has 0 spiro atoms. The average molecular weight is 202 g/mol. The summed E-state index contributed by atoms with van der Waals surface area (Å²) < 4.78 is 5.41. The predicted octanol–water partition coefficient (Wildman–Crippen LogP) is 0.622. The lowest BCUT2D eigenvalue weighted by molar-refractivity contribution is -0.147. The molecule has 14 heavy (non-hydrogen) atoms. The molecule has 0 amide bonds. The predicted molar refractivity (Wildman–Crippen MR) is 48.6 cm³/mol. The molecule has 0 aliphatic carbocycles. The summed E-state index contributed by atoms with van der Waals surface area (Å²) in [7, 11) is 0. The molecule has 1 fully saturated rings. The van der Waals surface area contributed by atoms with Gasteiger partial charge in [0.2, 0.25) is 0 Å². The summed E-state index contributed by atoms with van der Waals surface area (Å²) in [6.45, 7) is 4.23. The van der Waals surface area contributed by atoms with Crippen LogP contribution in [0.2, 0.25) is 0 Å². The molecule has 1 aliphatic rings. The minimum Gasteiger partial charge on any atom is -0.481 e. The van der Waals surface area contributed by atoms with Crippen LogP contribution in [0.3, 0.4) is 0 Å². The van der Waals surface area contributed by atoms with E-state index < -0.39 is 17.6 Å². The first-order valence-corrected chi connectivity index (χ1v) is 4.40. The standard InChI is InChI=1S/C8H14N2O4/c1-8(2)5-10(9-13)6(4-14-8)3-7(11)12/h6H,3-5H2,1-2H3,(H,11,12). The van der Waals surface area contributed by atoms with Crippen LogP contribution in [-0.2, 0) is 9.53 Å². The molecule has 80 valence electrons. The number of rotatable bonds is 3. The van der Waals surface area contributed by atoms with E-state index in [1.807, 2.05) is 13.8 Å². The third-order valence-corrected chi connectivity index (χ3v) is 2.15. The lowest BCUT2D eigenvalue weighted by Gasteiger charge is -2.39. The van der Waals surface area contributed by atoms with E-state index in [-0.39, 0.29) is 13.0 Å². The molecule has 0 aromatic carbocycles. The van der Waals surface area contributed by atoms with Crippen LogP contribution in [0.4, 0.5) is 0 Å². The molecule has 0 aromatic rings. The van der Waals surface area contributed by atoms with Crippen molar-refractivity contribution in [1.29, 1.82) is 0 Å². The van der Waals surface area contributed by atoms with E-state index in [4.69, 9.17) is 9.84 Å². The van der Waals surface area contributed by atoms with Crippen molar-refractivity contribution < 1.29 is 14.6 Å². The number of carboxylic acid groups (broad SMARTS) is 1. The normalized spacial score (nSPS) is 25.9. The quantitative estimate of drug-likeness (QED) is 0.679. The van der Waals surface area contributed by atoms with E-state index in [9.17, 15) is 9.70 Å². The fraction of sp³-hybridized carbons (Fsp3) is 0.875. The van der Waals surface area contributed by atoms with Crippen LogP contribution in [0.25, 0.3) is 0 Å². The first-order valence-electron chi connectivity index (χ1n) is 4.40. The number of nitroso groups, excluding NO2 is 1. The second-order valence-corrected chi connectivity index (χ2v) is 4.00. The van der Waals surface area contributed by atoms with Gasteiger partial charge in [0.15, 0.2) is 0 Å². The van der Waals surface area contributed by atoms with Gasteiger partial charge >= 0.3 is 5.97 Å². The van der Waals surface area contributed by atoms with Gasteiger partial charge in [-0.25, -0.2) is 0 Å². The number of ether oxygens (including phenoxy) is 1. The Morgan fingerprint density at radius 3 is 2.86 bits per heavy atom. The van der Waals surface area contributed by atoms with Crippen molar-refractivity contribution in [2.24, 2.45) is 5.29 Å². The molecular formula is C8H14N2O4. The Hall–Kier alpha value is -1.17. The maximum atomic E-state index is 10.5. The number of aliphatic carboxylic acids is 1. The molecule has 0 aromatic heterocycles. The van der Waals surface area contributed by atoms with E-state index in [0.29, 0.717) is 6.54 Å². The van der Waals surface area contributed by atoms with Gasteiger partial charge in [0.1, 0.15) is 0 Å². The highest BCUT2D eigenvalue weighted by atomic mass is 16.5. The first kappa shape index (κ1) is 10.9. The number of carboxylic acids is 1. The molecule has 1 heterocycles. The van der Waals surface area contributed by atoms with Crippen molar-refractivity contribution in [2.45, 2.75) is 31.9 Å². The number of hydrogen-bond donors (Lipinski definition) is 1. The SMILES string of the molecule is CC1(C)CN(N=O)C(CC(=O)O)CO1. The molecule has 0 radical (unpaired) electrons. The third kappa shape index (κ3) is 2.66. The smallest absolute Gasteiger partial charge is 0.305 e. The van der Waals surface area contributed by atoms with Crippen molar-refractivity contribution >= 4 is 5.97 Å². The number of hydrogen-bond acceptors (Lipinski definition) is 4. The zero-order chi connectivity index (χ0) is 10.8. The van der Waals surface area contributed by atoms with E-state index >= 15 is 0 Å². The van der Waals surface area contributed by atoms with Gasteiger partial charge in [-0.1, -0.05) is 0 Å². The van der Waals surface area contributed by atoms with Gasteiger partial charge in [-0.3, -0.25) is 9.80 Å².